The van der Waals surface area contributed by atoms with Crippen LogP contribution in [0.15, 0.2) is 42.7 Å². The van der Waals surface area contributed by atoms with E-state index in [1.54, 1.807) is 35.1 Å². The zero-order chi connectivity index (χ0) is 21.2. The van der Waals surface area contributed by atoms with Crippen LogP contribution in [0.2, 0.25) is 0 Å². The second-order valence-electron chi connectivity index (χ2n) is 6.94. The van der Waals surface area contributed by atoms with E-state index in [4.69, 9.17) is 4.74 Å². The minimum absolute atomic E-state index is 0.0679. The SMILES string of the molecule is COc1ccc(CN(CC(F)(F)F)C(=O)c2cnc3c(cnn3C(C)C)c2)cc1. The molecule has 154 valence electrons. The molecule has 0 aliphatic carbocycles. The van der Waals surface area contributed by atoms with Crippen molar-refractivity contribution < 1.29 is 22.7 Å². The number of benzene rings is 1. The number of amides is 1. The summed E-state index contributed by atoms with van der Waals surface area (Å²) in [5.41, 5.74) is 1.22. The predicted molar refractivity (Wildman–Crippen MR) is 102 cm³/mol. The third kappa shape index (κ3) is 4.85. The number of alkyl halides is 3. The quantitative estimate of drug-likeness (QED) is 0.615. The lowest BCUT2D eigenvalue weighted by molar-refractivity contribution is -0.141. The summed E-state index contributed by atoms with van der Waals surface area (Å²) < 4.78 is 46.1. The van der Waals surface area contributed by atoms with Crippen LogP contribution in [0, 0.1) is 0 Å². The van der Waals surface area contributed by atoms with Crippen LogP contribution < -0.4 is 4.74 Å². The number of pyridine rings is 1. The molecular formula is C20H21F3N4O2. The molecule has 3 rings (SSSR count). The molecular weight excluding hydrogens is 385 g/mol. The summed E-state index contributed by atoms with van der Waals surface area (Å²) in [6.07, 6.45) is -1.68. The van der Waals surface area contributed by atoms with E-state index < -0.39 is 18.6 Å². The number of hydrogen-bond donors (Lipinski definition) is 0. The van der Waals surface area contributed by atoms with Crippen LogP contribution >= 0.6 is 0 Å². The van der Waals surface area contributed by atoms with Crippen molar-refractivity contribution in [2.24, 2.45) is 0 Å². The standard InChI is InChI=1S/C20H21F3N4O2/c1-13(2)27-18-15(10-25-27)8-16(9-24-18)19(28)26(12-20(21,22)23)11-14-4-6-17(29-3)7-5-14/h4-10,13H,11-12H2,1-3H3. The number of aromatic nitrogens is 3. The van der Waals surface area contributed by atoms with Gasteiger partial charge < -0.3 is 9.64 Å². The lowest BCUT2D eigenvalue weighted by Gasteiger charge is -2.24. The van der Waals surface area contributed by atoms with Gasteiger partial charge in [-0.1, -0.05) is 12.1 Å². The summed E-state index contributed by atoms with van der Waals surface area (Å²) in [6, 6.07) is 8.12. The van der Waals surface area contributed by atoms with Crippen molar-refractivity contribution in [1.29, 1.82) is 0 Å². The molecule has 0 atom stereocenters. The summed E-state index contributed by atoms with van der Waals surface area (Å²) in [4.78, 5) is 17.9. The fourth-order valence-electron chi connectivity index (χ4n) is 2.98. The Morgan fingerprint density at radius 3 is 2.48 bits per heavy atom. The molecule has 0 bridgehead atoms. The van der Waals surface area contributed by atoms with Crippen LogP contribution in [-0.4, -0.2) is 45.4 Å². The van der Waals surface area contributed by atoms with Gasteiger partial charge in [-0.25, -0.2) is 9.67 Å². The van der Waals surface area contributed by atoms with Gasteiger partial charge in [0.05, 0.1) is 18.9 Å². The van der Waals surface area contributed by atoms with E-state index in [9.17, 15) is 18.0 Å². The molecule has 6 nitrogen and oxygen atoms in total. The topological polar surface area (TPSA) is 60.2 Å². The fourth-order valence-corrected chi connectivity index (χ4v) is 2.98. The molecule has 9 heteroatoms. The number of nitrogens with zero attached hydrogens (tertiary/aromatic N) is 4. The third-order valence-corrected chi connectivity index (χ3v) is 4.36. The Labute approximate surface area is 165 Å². The molecule has 0 fully saturated rings. The summed E-state index contributed by atoms with van der Waals surface area (Å²) in [7, 11) is 1.50. The maximum absolute atomic E-state index is 13.1. The van der Waals surface area contributed by atoms with Crippen molar-refractivity contribution in [1.82, 2.24) is 19.7 Å². The van der Waals surface area contributed by atoms with Crippen molar-refractivity contribution in [2.45, 2.75) is 32.6 Å². The molecule has 0 aliphatic rings. The van der Waals surface area contributed by atoms with E-state index in [0.29, 0.717) is 22.3 Å². The van der Waals surface area contributed by atoms with Crippen molar-refractivity contribution in [3.63, 3.8) is 0 Å². The Morgan fingerprint density at radius 2 is 1.90 bits per heavy atom. The van der Waals surface area contributed by atoms with E-state index in [2.05, 4.69) is 10.1 Å². The lowest BCUT2D eigenvalue weighted by atomic mass is 10.1. The van der Waals surface area contributed by atoms with Crippen molar-refractivity contribution in [2.75, 3.05) is 13.7 Å². The number of methoxy groups -OCH3 is 1. The van der Waals surface area contributed by atoms with Gasteiger partial charge in [-0.05, 0) is 37.6 Å². The van der Waals surface area contributed by atoms with Crippen LogP contribution in [-0.2, 0) is 6.54 Å². The molecule has 0 unspecified atom stereocenters. The van der Waals surface area contributed by atoms with Gasteiger partial charge in [0.15, 0.2) is 5.65 Å². The van der Waals surface area contributed by atoms with Gasteiger partial charge in [-0.2, -0.15) is 18.3 Å². The van der Waals surface area contributed by atoms with E-state index in [0.717, 1.165) is 4.90 Å². The number of carbonyl (C=O) groups is 1. The first-order valence-electron chi connectivity index (χ1n) is 9.00. The van der Waals surface area contributed by atoms with Crippen LogP contribution in [0.4, 0.5) is 13.2 Å². The maximum Gasteiger partial charge on any atom is 0.406 e. The second-order valence-corrected chi connectivity index (χ2v) is 6.94. The minimum Gasteiger partial charge on any atom is -0.497 e. The predicted octanol–water partition coefficient (Wildman–Crippen LogP) is 4.23. The van der Waals surface area contributed by atoms with Gasteiger partial charge >= 0.3 is 6.18 Å². The number of hydrogen-bond acceptors (Lipinski definition) is 4. The van der Waals surface area contributed by atoms with Gasteiger partial charge in [0.1, 0.15) is 12.3 Å². The van der Waals surface area contributed by atoms with Crippen molar-refractivity contribution in [3.05, 3.63) is 53.9 Å². The van der Waals surface area contributed by atoms with Crippen LogP contribution in [0.1, 0.15) is 35.8 Å². The second kappa shape index (κ2) is 8.10. The molecule has 0 aliphatic heterocycles. The number of halogens is 3. The van der Waals surface area contributed by atoms with Crippen LogP contribution in [0.3, 0.4) is 0 Å². The van der Waals surface area contributed by atoms with Gasteiger partial charge in [0.2, 0.25) is 0 Å². The summed E-state index contributed by atoms with van der Waals surface area (Å²) >= 11 is 0. The highest BCUT2D eigenvalue weighted by molar-refractivity contribution is 5.96. The Morgan fingerprint density at radius 1 is 1.21 bits per heavy atom. The third-order valence-electron chi connectivity index (χ3n) is 4.36. The Balaban J connectivity index is 1.89. The normalized spacial score (nSPS) is 11.8. The van der Waals surface area contributed by atoms with Crippen LogP contribution in [0.25, 0.3) is 11.0 Å². The highest BCUT2D eigenvalue weighted by Crippen LogP contribution is 2.23. The molecule has 0 saturated carbocycles. The number of fused-ring (bicyclic) bond motifs is 1. The van der Waals surface area contributed by atoms with E-state index in [1.807, 2.05) is 13.8 Å². The zero-order valence-corrected chi connectivity index (χ0v) is 16.3. The van der Waals surface area contributed by atoms with Gasteiger partial charge in [0, 0.05) is 24.2 Å². The Kier molecular flexibility index (Phi) is 5.76. The molecule has 0 spiro atoms. The highest BCUT2D eigenvalue weighted by Gasteiger charge is 2.33. The number of rotatable bonds is 6. The molecule has 2 heterocycles. The zero-order valence-electron chi connectivity index (χ0n) is 16.3. The smallest absolute Gasteiger partial charge is 0.406 e. The molecule has 0 saturated heterocycles. The average molecular weight is 406 g/mol. The van der Waals surface area contributed by atoms with Gasteiger partial charge in [0.25, 0.3) is 5.91 Å². The van der Waals surface area contributed by atoms with E-state index >= 15 is 0 Å². The molecule has 29 heavy (non-hydrogen) atoms. The molecule has 2 aromatic heterocycles. The summed E-state index contributed by atoms with van der Waals surface area (Å²) in [5.74, 6) is -0.163. The van der Waals surface area contributed by atoms with E-state index in [1.165, 1.54) is 19.4 Å². The van der Waals surface area contributed by atoms with E-state index in [-0.39, 0.29) is 18.2 Å². The summed E-state index contributed by atoms with van der Waals surface area (Å²) in [6.45, 7) is 2.33. The fraction of sp³-hybridized carbons (Fsp3) is 0.350. The van der Waals surface area contributed by atoms with Crippen LogP contribution in [0.5, 0.6) is 5.75 Å². The average Bonchev–Trinajstić information content (AvgIpc) is 3.10. The Hall–Kier alpha value is -3.10. The number of ether oxygens (including phenoxy) is 1. The van der Waals surface area contributed by atoms with Gasteiger partial charge in [-0.3, -0.25) is 4.79 Å². The molecule has 1 aromatic carbocycles. The molecule has 3 aromatic rings. The summed E-state index contributed by atoms with van der Waals surface area (Å²) in [5, 5.41) is 4.82. The minimum atomic E-state index is -4.53. The largest absolute Gasteiger partial charge is 0.497 e. The van der Waals surface area contributed by atoms with Gasteiger partial charge in [-0.15, -0.1) is 0 Å². The first-order valence-corrected chi connectivity index (χ1v) is 9.00. The molecule has 0 N–H and O–H groups in total. The van der Waals surface area contributed by atoms with Crippen molar-refractivity contribution >= 4 is 16.9 Å². The number of carbonyl (C=O) groups excluding carboxylic acids is 1. The highest BCUT2D eigenvalue weighted by atomic mass is 19.4. The Bertz CT molecular complexity index is 997. The molecule has 0 radical (unpaired) electrons. The first kappa shape index (κ1) is 20.6. The molecule has 1 amide bonds. The maximum atomic E-state index is 13.1. The lowest BCUT2D eigenvalue weighted by Crippen LogP contribution is -2.38. The first-order chi connectivity index (χ1) is 13.7. The van der Waals surface area contributed by atoms with Crippen molar-refractivity contribution in [3.8, 4) is 5.75 Å². The monoisotopic (exact) mass is 406 g/mol.